The highest BCUT2D eigenvalue weighted by Gasteiger charge is 2.10. The summed E-state index contributed by atoms with van der Waals surface area (Å²) in [4.78, 5) is 27.3. The van der Waals surface area contributed by atoms with E-state index in [1.165, 1.54) is 24.0 Å². The first kappa shape index (κ1) is 17.0. The summed E-state index contributed by atoms with van der Waals surface area (Å²) in [6, 6.07) is 7.78. The van der Waals surface area contributed by atoms with E-state index < -0.39 is 6.09 Å². The van der Waals surface area contributed by atoms with E-state index in [2.05, 4.69) is 34.2 Å². The Balaban J connectivity index is 1.90. The molecule has 1 aromatic heterocycles. The minimum Gasteiger partial charge on any atom is -0.453 e. The molecule has 0 saturated heterocycles. The van der Waals surface area contributed by atoms with Gasteiger partial charge in [-0.2, -0.15) is 0 Å². The molecule has 0 radical (unpaired) electrons. The Hall–Kier alpha value is -2.41. The summed E-state index contributed by atoms with van der Waals surface area (Å²) in [5.41, 5.74) is 2.57. The molecule has 1 aromatic carbocycles. The number of hydrogen-bond acceptors (Lipinski definition) is 5. The van der Waals surface area contributed by atoms with E-state index in [0.29, 0.717) is 16.7 Å². The second-order valence-corrected chi connectivity index (χ2v) is 6.12. The van der Waals surface area contributed by atoms with Crippen molar-refractivity contribution in [1.82, 2.24) is 4.98 Å². The van der Waals surface area contributed by atoms with Gasteiger partial charge in [-0.25, -0.2) is 9.78 Å². The van der Waals surface area contributed by atoms with Crippen LogP contribution in [-0.4, -0.2) is 24.1 Å². The lowest BCUT2D eigenvalue weighted by atomic mass is 10.0. The van der Waals surface area contributed by atoms with Gasteiger partial charge in [-0.05, 0) is 23.6 Å². The first-order valence-corrected chi connectivity index (χ1v) is 8.05. The lowest BCUT2D eigenvalue weighted by Gasteiger charge is -2.08. The summed E-state index contributed by atoms with van der Waals surface area (Å²) < 4.78 is 4.49. The van der Waals surface area contributed by atoms with Crippen LogP contribution >= 0.6 is 11.3 Å². The summed E-state index contributed by atoms with van der Waals surface area (Å²) in [6.07, 6.45) is -0.439. The van der Waals surface area contributed by atoms with Crippen LogP contribution in [0, 0.1) is 0 Å². The second-order valence-electron chi connectivity index (χ2n) is 5.26. The molecule has 0 aliphatic rings. The van der Waals surface area contributed by atoms with Gasteiger partial charge in [0.2, 0.25) is 5.91 Å². The van der Waals surface area contributed by atoms with Gasteiger partial charge < -0.3 is 10.1 Å². The molecule has 0 saturated carbocycles. The fraction of sp³-hybridized carbons (Fsp3) is 0.312. The zero-order chi connectivity index (χ0) is 16.8. The number of ether oxygens (including phenoxy) is 1. The molecule has 0 aliphatic carbocycles. The molecule has 2 rings (SSSR count). The third kappa shape index (κ3) is 5.07. The third-order valence-corrected chi connectivity index (χ3v) is 3.96. The van der Waals surface area contributed by atoms with E-state index in [1.54, 1.807) is 5.38 Å². The lowest BCUT2D eigenvalue weighted by Crippen LogP contribution is -2.15. The third-order valence-electron chi connectivity index (χ3n) is 3.15. The predicted molar refractivity (Wildman–Crippen MR) is 91.0 cm³/mol. The van der Waals surface area contributed by atoms with Crippen molar-refractivity contribution in [2.45, 2.75) is 26.2 Å². The summed E-state index contributed by atoms with van der Waals surface area (Å²) in [5, 5.41) is 7.43. The molecule has 2 N–H and O–H groups in total. The topological polar surface area (TPSA) is 80.3 Å². The fourth-order valence-electron chi connectivity index (χ4n) is 1.90. The highest BCUT2D eigenvalue weighted by atomic mass is 32.1. The first-order chi connectivity index (χ1) is 11.0. The Kier molecular flexibility index (Phi) is 5.70. The van der Waals surface area contributed by atoms with Gasteiger partial charge in [-0.15, -0.1) is 11.3 Å². The molecule has 2 amide bonds. The van der Waals surface area contributed by atoms with Crippen molar-refractivity contribution in [1.29, 1.82) is 0 Å². The standard InChI is InChI=1S/C16H19N3O3S/c1-10(2)11-4-6-12(7-5-11)17-14(20)8-13-9-23-15(18-13)19-16(21)22-3/h4-7,9-10H,8H2,1-3H3,(H,17,20)(H,18,19,21). The van der Waals surface area contributed by atoms with Crippen molar-refractivity contribution in [3.63, 3.8) is 0 Å². The number of amides is 2. The van der Waals surface area contributed by atoms with Crippen molar-refractivity contribution in [2.24, 2.45) is 0 Å². The molecular formula is C16H19N3O3S. The first-order valence-electron chi connectivity index (χ1n) is 7.17. The molecule has 0 fully saturated rings. The van der Waals surface area contributed by atoms with Crippen LogP contribution in [0.5, 0.6) is 0 Å². The SMILES string of the molecule is COC(=O)Nc1nc(CC(=O)Nc2ccc(C(C)C)cc2)cs1. The van der Waals surface area contributed by atoms with Crippen molar-refractivity contribution < 1.29 is 14.3 Å². The minimum absolute atomic E-state index is 0.144. The van der Waals surface area contributed by atoms with Gasteiger partial charge in [-0.3, -0.25) is 10.1 Å². The van der Waals surface area contributed by atoms with Crippen LogP contribution < -0.4 is 10.6 Å². The average Bonchev–Trinajstić information content (AvgIpc) is 2.94. The number of aromatic nitrogens is 1. The molecule has 0 bridgehead atoms. The number of benzene rings is 1. The zero-order valence-electron chi connectivity index (χ0n) is 13.3. The molecule has 23 heavy (non-hydrogen) atoms. The molecule has 2 aromatic rings. The number of nitrogens with one attached hydrogen (secondary N) is 2. The normalized spacial score (nSPS) is 10.4. The van der Waals surface area contributed by atoms with Crippen LogP contribution in [0.25, 0.3) is 0 Å². The van der Waals surface area contributed by atoms with Crippen LogP contribution in [0.1, 0.15) is 31.0 Å². The Morgan fingerprint density at radius 1 is 1.22 bits per heavy atom. The maximum atomic E-state index is 12.0. The van der Waals surface area contributed by atoms with E-state index in [0.717, 1.165) is 5.69 Å². The lowest BCUT2D eigenvalue weighted by molar-refractivity contribution is -0.115. The van der Waals surface area contributed by atoms with Crippen LogP contribution in [-0.2, 0) is 16.0 Å². The van der Waals surface area contributed by atoms with E-state index in [4.69, 9.17) is 0 Å². The fourth-order valence-corrected chi connectivity index (χ4v) is 2.60. The highest BCUT2D eigenvalue weighted by Crippen LogP contribution is 2.18. The summed E-state index contributed by atoms with van der Waals surface area (Å²) in [7, 11) is 1.28. The summed E-state index contributed by atoms with van der Waals surface area (Å²) in [5.74, 6) is 0.299. The molecule has 122 valence electrons. The molecule has 0 unspecified atom stereocenters. The van der Waals surface area contributed by atoms with Crippen molar-refractivity contribution in [3.05, 3.63) is 40.9 Å². The molecular weight excluding hydrogens is 314 g/mol. The van der Waals surface area contributed by atoms with Crippen molar-refractivity contribution in [3.8, 4) is 0 Å². The number of rotatable bonds is 5. The van der Waals surface area contributed by atoms with Gasteiger partial charge in [0, 0.05) is 11.1 Å². The Morgan fingerprint density at radius 2 is 1.91 bits per heavy atom. The predicted octanol–water partition coefficient (Wildman–Crippen LogP) is 3.63. The maximum absolute atomic E-state index is 12.0. The number of carbonyl (C=O) groups excluding carboxylic acids is 2. The monoisotopic (exact) mass is 333 g/mol. The van der Waals surface area contributed by atoms with Crippen molar-refractivity contribution in [2.75, 3.05) is 17.7 Å². The summed E-state index contributed by atoms with van der Waals surface area (Å²) in [6.45, 7) is 4.24. The number of anilines is 2. The molecule has 7 heteroatoms. The van der Waals surface area contributed by atoms with Gasteiger partial charge in [0.25, 0.3) is 0 Å². The van der Waals surface area contributed by atoms with Gasteiger partial charge in [-0.1, -0.05) is 26.0 Å². The number of carbonyl (C=O) groups is 2. The van der Waals surface area contributed by atoms with E-state index >= 15 is 0 Å². The van der Waals surface area contributed by atoms with Crippen LogP contribution in [0.3, 0.4) is 0 Å². The zero-order valence-corrected chi connectivity index (χ0v) is 14.1. The van der Waals surface area contributed by atoms with Gasteiger partial charge >= 0.3 is 6.09 Å². The molecule has 0 atom stereocenters. The van der Waals surface area contributed by atoms with Crippen molar-refractivity contribution >= 4 is 34.2 Å². The van der Waals surface area contributed by atoms with Crippen LogP contribution in [0.15, 0.2) is 29.6 Å². The molecule has 0 spiro atoms. The van der Waals surface area contributed by atoms with E-state index in [9.17, 15) is 9.59 Å². The quantitative estimate of drug-likeness (QED) is 0.875. The smallest absolute Gasteiger partial charge is 0.413 e. The highest BCUT2D eigenvalue weighted by molar-refractivity contribution is 7.13. The largest absolute Gasteiger partial charge is 0.453 e. The Bertz CT molecular complexity index is 680. The number of thiazole rings is 1. The molecule has 1 heterocycles. The molecule has 0 aliphatic heterocycles. The number of hydrogen-bond donors (Lipinski definition) is 2. The van der Waals surface area contributed by atoms with Crippen LogP contribution in [0.4, 0.5) is 15.6 Å². The van der Waals surface area contributed by atoms with E-state index in [-0.39, 0.29) is 12.3 Å². The van der Waals surface area contributed by atoms with Gasteiger partial charge in [0.05, 0.1) is 19.2 Å². The number of nitrogens with zero attached hydrogens (tertiary/aromatic N) is 1. The van der Waals surface area contributed by atoms with Crippen LogP contribution in [0.2, 0.25) is 0 Å². The summed E-state index contributed by atoms with van der Waals surface area (Å²) >= 11 is 1.24. The number of methoxy groups -OCH3 is 1. The van der Waals surface area contributed by atoms with E-state index in [1.807, 2.05) is 24.3 Å². The maximum Gasteiger partial charge on any atom is 0.413 e. The van der Waals surface area contributed by atoms with Gasteiger partial charge in [0.15, 0.2) is 5.13 Å². The minimum atomic E-state index is -0.583. The Labute approximate surface area is 138 Å². The Morgan fingerprint density at radius 3 is 2.52 bits per heavy atom. The average molecular weight is 333 g/mol. The van der Waals surface area contributed by atoms with Gasteiger partial charge in [0.1, 0.15) is 0 Å². The molecule has 6 nitrogen and oxygen atoms in total. The second kappa shape index (κ2) is 7.73.